The van der Waals surface area contributed by atoms with Gasteiger partial charge in [-0.3, -0.25) is 23.0 Å². The van der Waals surface area contributed by atoms with Crippen molar-refractivity contribution in [3.8, 4) is 0 Å². The fourth-order valence-corrected chi connectivity index (χ4v) is 9.36. The molecule has 16 nitrogen and oxygen atoms in total. The molecule has 0 spiro atoms. The fourth-order valence-electron chi connectivity index (χ4n) is 7.35. The molecule has 0 fully saturated rings. The summed E-state index contributed by atoms with van der Waals surface area (Å²) in [7, 11) is -17.8. The van der Waals surface area contributed by atoms with Gasteiger partial charge >= 0.3 is 5.97 Å². The highest BCUT2D eigenvalue weighted by molar-refractivity contribution is 7.86. The lowest BCUT2D eigenvalue weighted by atomic mass is 9.76. The molecule has 2 aliphatic rings. The van der Waals surface area contributed by atoms with Crippen molar-refractivity contribution >= 4 is 63.5 Å². The minimum absolute atomic E-state index is 0.0287. The van der Waals surface area contributed by atoms with Crippen LogP contribution in [0.5, 0.6) is 0 Å². The number of rotatable bonds is 19. The molecule has 1 atom stereocenters. The Morgan fingerprint density at radius 1 is 0.732 bits per heavy atom. The van der Waals surface area contributed by atoms with E-state index in [-0.39, 0.29) is 37.1 Å². The van der Waals surface area contributed by atoms with Crippen LogP contribution in [0.4, 0.5) is 11.4 Å². The van der Waals surface area contributed by atoms with Gasteiger partial charge in [0.1, 0.15) is 6.54 Å². The van der Waals surface area contributed by atoms with Crippen molar-refractivity contribution in [1.82, 2.24) is 0 Å². The van der Waals surface area contributed by atoms with E-state index in [4.69, 9.17) is 5.11 Å². The fraction of sp³-hybridized carbons (Fsp3) is 0.444. The Balaban J connectivity index is 1.77. The number of fused-ring (bicyclic) bond motifs is 2. The standard InChI is InChI=1S/C36H46N2O14S4/c1-35(2)28-24-26(55(47,48)49)15-17-30(28)37(20-9-5-8-14-34(39)40)32(35)12-6-4-7-13-33-36(3,19-10-22-53(41,42)43)29-25-27(56(50,51)52)16-18-31(29)38(33)21-11-23-54(44,45)46/h4,6-7,12-13,15-18,24-25H,5,8-11,14,19-23H2,1-3H3,(H4-,39,40,41,42,43,44,45,46,47,48,49,50,51,52)/p+1. The molecule has 0 radical (unpaired) electrons. The Hall–Kier alpha value is -3.76. The molecular weight excluding hydrogens is 813 g/mol. The van der Waals surface area contributed by atoms with Crippen LogP contribution in [0.1, 0.15) is 76.8 Å². The van der Waals surface area contributed by atoms with Crippen LogP contribution in [0.15, 0.2) is 82.3 Å². The van der Waals surface area contributed by atoms with Crippen molar-refractivity contribution in [1.29, 1.82) is 0 Å². The summed E-state index contributed by atoms with van der Waals surface area (Å²) in [6.45, 7) is 6.05. The van der Waals surface area contributed by atoms with Crippen molar-refractivity contribution < 1.29 is 66.4 Å². The quantitative estimate of drug-likeness (QED) is 0.0543. The molecule has 0 saturated heterocycles. The van der Waals surface area contributed by atoms with Crippen LogP contribution in [0, 0.1) is 0 Å². The molecule has 2 aliphatic heterocycles. The zero-order valence-corrected chi connectivity index (χ0v) is 34.3. The first-order chi connectivity index (χ1) is 25.8. The molecule has 0 amide bonds. The minimum atomic E-state index is -4.66. The first kappa shape index (κ1) is 44.9. The largest absolute Gasteiger partial charge is 0.481 e. The maximum Gasteiger partial charge on any atom is 0.303 e. The third kappa shape index (κ3) is 11.0. The van der Waals surface area contributed by atoms with E-state index in [1.165, 1.54) is 30.3 Å². The van der Waals surface area contributed by atoms with E-state index < -0.39 is 73.7 Å². The summed E-state index contributed by atoms with van der Waals surface area (Å²) in [4.78, 5) is 12.3. The molecule has 0 saturated carbocycles. The number of allylic oxidation sites excluding steroid dienone is 6. The van der Waals surface area contributed by atoms with E-state index in [9.17, 15) is 56.7 Å². The van der Waals surface area contributed by atoms with Gasteiger partial charge in [0.05, 0.1) is 26.7 Å². The highest BCUT2D eigenvalue weighted by atomic mass is 32.2. The van der Waals surface area contributed by atoms with Crippen LogP contribution < -0.4 is 4.90 Å². The van der Waals surface area contributed by atoms with Crippen LogP contribution in [-0.2, 0) is 56.1 Å². The van der Waals surface area contributed by atoms with Gasteiger partial charge in [-0.05, 0) is 74.6 Å². The van der Waals surface area contributed by atoms with Crippen molar-refractivity contribution in [2.45, 2.75) is 86.3 Å². The van der Waals surface area contributed by atoms with Gasteiger partial charge in [-0.1, -0.05) is 38.5 Å². The summed E-state index contributed by atoms with van der Waals surface area (Å²) < 4.78 is 135. The average Bonchev–Trinajstić information content (AvgIpc) is 3.41. The summed E-state index contributed by atoms with van der Waals surface area (Å²) in [6, 6.07) is 8.24. The van der Waals surface area contributed by atoms with Gasteiger partial charge in [0.2, 0.25) is 5.69 Å². The van der Waals surface area contributed by atoms with Gasteiger partial charge in [-0.2, -0.15) is 38.2 Å². The van der Waals surface area contributed by atoms with Gasteiger partial charge in [-0.25, -0.2) is 0 Å². The molecule has 4 rings (SSSR count). The molecular formula is C36H47N2O14S4+. The van der Waals surface area contributed by atoms with Gasteiger partial charge in [-0.15, -0.1) is 0 Å². The maximum absolute atomic E-state index is 12.1. The van der Waals surface area contributed by atoms with Crippen molar-refractivity contribution in [3.05, 3.63) is 83.6 Å². The van der Waals surface area contributed by atoms with Crippen LogP contribution in [-0.4, -0.2) is 97.8 Å². The summed E-state index contributed by atoms with van der Waals surface area (Å²) in [5.74, 6) is -2.06. The number of carbonyl (C=O) groups is 1. The highest BCUT2D eigenvalue weighted by Crippen LogP contribution is 2.49. The molecule has 0 aliphatic carbocycles. The summed E-state index contributed by atoms with van der Waals surface area (Å²) in [6.07, 6.45) is 10.4. The van der Waals surface area contributed by atoms with E-state index in [2.05, 4.69) is 0 Å². The Kier molecular flexibility index (Phi) is 13.6. The summed E-state index contributed by atoms with van der Waals surface area (Å²) in [5.41, 5.74) is 1.67. The lowest BCUT2D eigenvalue weighted by Crippen LogP contribution is -2.32. The van der Waals surface area contributed by atoms with Gasteiger partial charge in [0, 0.05) is 53.9 Å². The molecule has 56 heavy (non-hydrogen) atoms. The second kappa shape index (κ2) is 17.0. The second-order valence-electron chi connectivity index (χ2n) is 14.5. The van der Waals surface area contributed by atoms with Crippen LogP contribution in [0.25, 0.3) is 0 Å². The number of aliphatic carboxylic acids is 1. The zero-order valence-electron chi connectivity index (χ0n) is 31.1. The smallest absolute Gasteiger partial charge is 0.303 e. The summed E-state index contributed by atoms with van der Waals surface area (Å²) in [5, 5.41) is 9.03. The number of unbranched alkanes of at least 4 members (excludes halogenated alkanes) is 2. The molecule has 2 aromatic rings. The van der Waals surface area contributed by atoms with Gasteiger partial charge in [0.15, 0.2) is 5.71 Å². The predicted octanol–water partition coefficient (Wildman–Crippen LogP) is 4.92. The summed E-state index contributed by atoms with van der Waals surface area (Å²) >= 11 is 0. The zero-order chi connectivity index (χ0) is 41.9. The molecule has 2 heterocycles. The third-order valence-electron chi connectivity index (χ3n) is 10.0. The third-order valence-corrected chi connectivity index (χ3v) is 13.3. The highest BCUT2D eigenvalue weighted by Gasteiger charge is 2.48. The Morgan fingerprint density at radius 2 is 1.32 bits per heavy atom. The van der Waals surface area contributed by atoms with Crippen LogP contribution in [0.3, 0.4) is 0 Å². The number of carboxylic acids is 1. The van der Waals surface area contributed by atoms with Crippen molar-refractivity contribution in [2.75, 3.05) is 29.5 Å². The monoisotopic (exact) mass is 859 g/mol. The number of carboxylic acid groups (broad SMARTS) is 1. The first-order valence-corrected chi connectivity index (χ1v) is 23.7. The Labute approximate surface area is 328 Å². The molecule has 20 heteroatoms. The number of hydrogen-bond donors (Lipinski definition) is 5. The lowest BCUT2D eigenvalue weighted by Gasteiger charge is -2.27. The van der Waals surface area contributed by atoms with E-state index in [0.717, 1.165) is 11.4 Å². The number of benzene rings is 2. The average molecular weight is 860 g/mol. The van der Waals surface area contributed by atoms with E-state index in [0.29, 0.717) is 48.3 Å². The van der Waals surface area contributed by atoms with Gasteiger partial charge in [0.25, 0.3) is 40.5 Å². The number of hydrogen-bond acceptors (Lipinski definition) is 10. The Morgan fingerprint density at radius 3 is 1.91 bits per heavy atom. The van der Waals surface area contributed by atoms with Crippen LogP contribution >= 0.6 is 0 Å². The Bertz CT molecular complexity index is 2430. The minimum Gasteiger partial charge on any atom is -0.481 e. The number of anilines is 1. The van der Waals surface area contributed by atoms with Crippen molar-refractivity contribution in [2.24, 2.45) is 0 Å². The van der Waals surface area contributed by atoms with Crippen LogP contribution in [0.2, 0.25) is 0 Å². The maximum atomic E-state index is 12.1. The topological polar surface area (TPSA) is 261 Å². The first-order valence-electron chi connectivity index (χ1n) is 17.6. The normalized spacial score (nSPS) is 19.4. The van der Waals surface area contributed by atoms with E-state index in [1.807, 2.05) is 24.8 Å². The van der Waals surface area contributed by atoms with E-state index in [1.54, 1.807) is 41.9 Å². The molecule has 5 N–H and O–H groups in total. The second-order valence-corrected chi connectivity index (χ2v) is 20.5. The lowest BCUT2D eigenvalue weighted by molar-refractivity contribution is -0.437. The molecule has 308 valence electrons. The SMILES string of the molecule is CC1(CCCS(=O)(=O)O)C(/C=C/C=C/C=C2/N(CCCCCC(=O)O)c3ccc(S(=O)(=O)O)cc3C2(C)C)=[N+](CCCS(=O)(=O)O)c2ccc(S(=O)(=O)O)cc21. The van der Waals surface area contributed by atoms with Crippen molar-refractivity contribution in [3.63, 3.8) is 0 Å². The predicted molar refractivity (Wildman–Crippen MR) is 209 cm³/mol. The molecule has 0 bridgehead atoms. The molecule has 1 unspecified atom stereocenters. The number of nitrogens with zero attached hydrogens (tertiary/aromatic N) is 2. The molecule has 0 aromatic heterocycles. The van der Waals surface area contributed by atoms with E-state index >= 15 is 0 Å². The molecule has 2 aromatic carbocycles. The van der Waals surface area contributed by atoms with Gasteiger partial charge < -0.3 is 10.0 Å².